The number of sulfonamides is 1. The van der Waals surface area contributed by atoms with Gasteiger partial charge in [0, 0.05) is 18.7 Å². The first-order valence-corrected chi connectivity index (χ1v) is 9.18. The molecule has 0 N–H and O–H groups in total. The number of hydrogen-bond acceptors (Lipinski definition) is 4. The molecule has 2 aliphatic rings. The maximum Gasteiger partial charge on any atom is 0.285 e. The normalized spacial score (nSPS) is 19.2. The fourth-order valence-electron chi connectivity index (χ4n) is 3.39. The van der Waals surface area contributed by atoms with Crippen molar-refractivity contribution in [2.45, 2.75) is 10.9 Å². The van der Waals surface area contributed by atoms with Crippen molar-refractivity contribution in [3.05, 3.63) is 60.4 Å². The second kappa shape index (κ2) is 4.67. The van der Waals surface area contributed by atoms with Crippen LogP contribution in [0.25, 0.3) is 11.0 Å². The summed E-state index contributed by atoms with van der Waals surface area (Å²) in [5.74, 6) is 0.561. The molecule has 0 unspecified atom stereocenters. The van der Waals surface area contributed by atoms with Gasteiger partial charge in [0.1, 0.15) is 4.90 Å². The molecule has 24 heavy (non-hydrogen) atoms. The van der Waals surface area contributed by atoms with Crippen molar-refractivity contribution in [2.75, 3.05) is 13.1 Å². The van der Waals surface area contributed by atoms with Crippen molar-refractivity contribution in [1.82, 2.24) is 14.5 Å². The maximum atomic E-state index is 12.2. The molecule has 0 aliphatic carbocycles. The Hall–Kier alpha value is -2.67. The Morgan fingerprint density at radius 1 is 1.00 bits per heavy atom. The molecule has 0 radical (unpaired) electrons. The van der Waals surface area contributed by atoms with Crippen molar-refractivity contribution < 1.29 is 8.42 Å². The van der Waals surface area contributed by atoms with E-state index in [2.05, 4.69) is 20.0 Å². The zero-order chi connectivity index (χ0) is 16.3. The Balaban J connectivity index is 1.45. The fourth-order valence-corrected chi connectivity index (χ4v) is 4.62. The minimum Gasteiger partial charge on any atom is -0.351 e. The minimum atomic E-state index is -3.55. The van der Waals surface area contributed by atoms with Crippen LogP contribution in [0.5, 0.6) is 0 Å². The zero-order valence-electron chi connectivity index (χ0n) is 12.7. The van der Waals surface area contributed by atoms with E-state index >= 15 is 0 Å². The van der Waals surface area contributed by atoms with E-state index in [9.17, 15) is 8.42 Å². The van der Waals surface area contributed by atoms with Crippen molar-refractivity contribution in [1.29, 1.82) is 0 Å². The minimum absolute atomic E-state index is 0.274. The highest BCUT2D eigenvalue weighted by atomic mass is 32.2. The number of imidazole rings is 1. The Kier molecular flexibility index (Phi) is 2.67. The summed E-state index contributed by atoms with van der Waals surface area (Å²) >= 11 is 0. The average molecular weight is 338 g/mol. The summed E-state index contributed by atoms with van der Waals surface area (Å²) in [6, 6.07) is 15.3. The number of likely N-dealkylation sites (tertiary alicyclic amines) is 1. The van der Waals surface area contributed by atoms with Crippen LogP contribution in [0.15, 0.2) is 64.2 Å². The lowest BCUT2D eigenvalue weighted by atomic mass is 10.1. The first-order chi connectivity index (χ1) is 11.6. The predicted octanol–water partition coefficient (Wildman–Crippen LogP) is 2.04. The lowest BCUT2D eigenvalue weighted by Gasteiger charge is -2.41. The van der Waals surface area contributed by atoms with Crippen LogP contribution in [0.2, 0.25) is 0 Å². The molecule has 0 bridgehead atoms. The molecule has 0 saturated carbocycles. The van der Waals surface area contributed by atoms with E-state index in [1.165, 1.54) is 0 Å². The van der Waals surface area contributed by atoms with E-state index in [0.717, 1.165) is 24.1 Å². The Bertz CT molecular complexity index is 1090. The predicted molar refractivity (Wildman–Crippen MR) is 90.5 cm³/mol. The maximum absolute atomic E-state index is 12.2. The van der Waals surface area contributed by atoms with Gasteiger partial charge in [-0.05, 0) is 24.3 Å². The summed E-state index contributed by atoms with van der Waals surface area (Å²) < 4.78 is 30.5. The third-order valence-electron chi connectivity index (χ3n) is 4.65. The van der Waals surface area contributed by atoms with Crippen molar-refractivity contribution in [3.63, 3.8) is 0 Å². The van der Waals surface area contributed by atoms with Gasteiger partial charge in [-0.1, -0.05) is 24.3 Å². The topological polar surface area (TPSA) is 67.6 Å². The second-order valence-electron chi connectivity index (χ2n) is 6.09. The molecule has 0 amide bonds. The molecule has 2 aromatic carbocycles. The Morgan fingerprint density at radius 3 is 2.62 bits per heavy atom. The highest BCUT2D eigenvalue weighted by Gasteiger charge is 2.38. The standard InChI is InChI=1S/C17H14N4O2S/c22-24(23)16-8-4-1-5-13(16)17(19-24)20-9-12(10-20)21-11-18-14-6-2-3-7-15(14)21/h1-8,11-12H,9-10H2. The van der Waals surface area contributed by atoms with E-state index in [-0.39, 0.29) is 6.04 Å². The zero-order valence-corrected chi connectivity index (χ0v) is 13.5. The molecule has 0 atom stereocenters. The van der Waals surface area contributed by atoms with Gasteiger partial charge < -0.3 is 9.47 Å². The van der Waals surface area contributed by atoms with E-state index in [1.807, 2.05) is 41.6 Å². The van der Waals surface area contributed by atoms with Crippen LogP contribution in [-0.4, -0.2) is 41.8 Å². The smallest absolute Gasteiger partial charge is 0.285 e. The summed E-state index contributed by atoms with van der Waals surface area (Å²) in [6.07, 6.45) is 1.85. The second-order valence-corrected chi connectivity index (χ2v) is 7.66. The molecule has 0 spiro atoms. The lowest BCUT2D eigenvalue weighted by Crippen LogP contribution is -2.50. The highest BCUT2D eigenvalue weighted by molar-refractivity contribution is 7.90. The Morgan fingerprint density at radius 2 is 1.75 bits per heavy atom. The quantitative estimate of drug-likeness (QED) is 0.681. The summed E-state index contributed by atoms with van der Waals surface area (Å²) in [6.45, 7) is 1.45. The van der Waals surface area contributed by atoms with E-state index in [1.54, 1.807) is 12.1 Å². The lowest BCUT2D eigenvalue weighted by molar-refractivity contribution is 0.197. The number of fused-ring (bicyclic) bond motifs is 2. The molecule has 5 rings (SSSR count). The molecule has 2 aliphatic heterocycles. The van der Waals surface area contributed by atoms with Gasteiger partial charge >= 0.3 is 0 Å². The van der Waals surface area contributed by atoms with Gasteiger partial charge in [0.15, 0.2) is 5.84 Å². The average Bonchev–Trinajstić information content (AvgIpc) is 3.07. The van der Waals surface area contributed by atoms with E-state index in [4.69, 9.17) is 0 Å². The molecule has 3 heterocycles. The molecule has 120 valence electrons. The van der Waals surface area contributed by atoms with Crippen LogP contribution >= 0.6 is 0 Å². The van der Waals surface area contributed by atoms with Crippen molar-refractivity contribution >= 4 is 26.9 Å². The fraction of sp³-hybridized carbons (Fsp3) is 0.176. The number of rotatable bonds is 1. The SMILES string of the molecule is O=S1(=O)N=C(N2CC(n3cnc4ccccc43)C2)c2ccccc21. The van der Waals surface area contributed by atoms with Crippen molar-refractivity contribution in [3.8, 4) is 0 Å². The van der Waals surface area contributed by atoms with Gasteiger partial charge in [-0.15, -0.1) is 4.40 Å². The molecular weight excluding hydrogens is 324 g/mol. The summed E-state index contributed by atoms with van der Waals surface area (Å²) in [5.41, 5.74) is 2.78. The van der Waals surface area contributed by atoms with E-state index < -0.39 is 10.0 Å². The van der Waals surface area contributed by atoms with Gasteiger partial charge in [-0.3, -0.25) is 0 Å². The van der Waals surface area contributed by atoms with Gasteiger partial charge in [0.25, 0.3) is 10.0 Å². The van der Waals surface area contributed by atoms with Gasteiger partial charge in [-0.25, -0.2) is 4.98 Å². The summed E-state index contributed by atoms with van der Waals surface area (Å²) in [7, 11) is -3.55. The summed E-state index contributed by atoms with van der Waals surface area (Å²) in [5, 5.41) is 0. The van der Waals surface area contributed by atoms with Crippen LogP contribution in [0, 0.1) is 0 Å². The first-order valence-electron chi connectivity index (χ1n) is 7.74. The number of hydrogen-bond donors (Lipinski definition) is 0. The first kappa shape index (κ1) is 13.7. The van der Waals surface area contributed by atoms with Gasteiger partial charge in [0.05, 0.1) is 23.4 Å². The molecule has 7 heteroatoms. The Labute approximate surface area is 139 Å². The summed E-state index contributed by atoms with van der Waals surface area (Å²) in [4.78, 5) is 6.74. The van der Waals surface area contributed by atoms with Crippen LogP contribution in [0.4, 0.5) is 0 Å². The molecule has 1 saturated heterocycles. The van der Waals surface area contributed by atoms with Crippen molar-refractivity contribution in [2.24, 2.45) is 4.40 Å². The number of benzene rings is 2. The molecule has 3 aromatic rings. The highest BCUT2D eigenvalue weighted by Crippen LogP contribution is 2.33. The number of para-hydroxylation sites is 2. The van der Waals surface area contributed by atoms with Gasteiger partial charge in [0.2, 0.25) is 0 Å². The molecule has 1 aromatic heterocycles. The number of nitrogens with zero attached hydrogens (tertiary/aromatic N) is 4. The molecule has 6 nitrogen and oxygen atoms in total. The van der Waals surface area contributed by atoms with E-state index in [0.29, 0.717) is 16.3 Å². The molecule has 1 fully saturated rings. The third-order valence-corrected chi connectivity index (χ3v) is 5.97. The number of amidine groups is 1. The largest absolute Gasteiger partial charge is 0.351 e. The number of aromatic nitrogens is 2. The van der Waals surface area contributed by atoms with Crippen LogP contribution < -0.4 is 0 Å². The monoisotopic (exact) mass is 338 g/mol. The van der Waals surface area contributed by atoms with Gasteiger partial charge in [-0.2, -0.15) is 8.42 Å². The van der Waals surface area contributed by atoms with Crippen LogP contribution in [-0.2, 0) is 10.0 Å². The van der Waals surface area contributed by atoms with Crippen LogP contribution in [0.3, 0.4) is 0 Å². The molecular formula is C17H14N4O2S. The third kappa shape index (κ3) is 1.85. The van der Waals surface area contributed by atoms with Crippen LogP contribution in [0.1, 0.15) is 11.6 Å².